The van der Waals surface area contributed by atoms with Gasteiger partial charge in [-0.1, -0.05) is 24.3 Å². The van der Waals surface area contributed by atoms with Gasteiger partial charge in [-0.05, 0) is 55.5 Å². The molecule has 2 amide bonds. The Morgan fingerprint density at radius 3 is 2.92 bits per heavy atom. The Labute approximate surface area is 148 Å². The summed E-state index contributed by atoms with van der Waals surface area (Å²) in [6, 6.07) is 12.9. The second-order valence-corrected chi connectivity index (χ2v) is 6.42. The van der Waals surface area contributed by atoms with Crippen LogP contribution in [0, 0.1) is 12.7 Å². The Kier molecular flexibility index (Phi) is 5.53. The molecule has 2 aromatic rings. The van der Waals surface area contributed by atoms with Crippen LogP contribution >= 0.6 is 0 Å². The summed E-state index contributed by atoms with van der Waals surface area (Å²) in [5, 5.41) is 5.49. The average molecular weight is 341 g/mol. The molecule has 5 heteroatoms. The molecular weight excluding hydrogens is 317 g/mol. The zero-order valence-corrected chi connectivity index (χ0v) is 14.5. The van der Waals surface area contributed by atoms with Gasteiger partial charge in [-0.2, -0.15) is 0 Å². The van der Waals surface area contributed by atoms with Gasteiger partial charge in [-0.25, -0.2) is 9.18 Å². The maximum atomic E-state index is 13.5. The lowest BCUT2D eigenvalue weighted by Crippen LogP contribution is -2.34. The maximum Gasteiger partial charge on any atom is 0.319 e. The number of aryl methyl sites for hydroxylation is 2. The van der Waals surface area contributed by atoms with Crippen LogP contribution in [0.5, 0.6) is 0 Å². The fourth-order valence-corrected chi connectivity index (χ4v) is 3.16. The largest absolute Gasteiger partial charge is 0.371 e. The first-order chi connectivity index (χ1) is 12.1. The van der Waals surface area contributed by atoms with E-state index in [1.807, 2.05) is 0 Å². The first kappa shape index (κ1) is 17.3. The molecule has 0 atom stereocenters. The highest BCUT2D eigenvalue weighted by Crippen LogP contribution is 2.26. The van der Waals surface area contributed by atoms with E-state index in [0.29, 0.717) is 17.8 Å². The van der Waals surface area contributed by atoms with Gasteiger partial charge in [0.05, 0.1) is 0 Å². The van der Waals surface area contributed by atoms with Gasteiger partial charge in [0.1, 0.15) is 5.82 Å². The summed E-state index contributed by atoms with van der Waals surface area (Å²) in [5.41, 5.74) is 3.74. The Bertz CT molecular complexity index is 747. The number of rotatable bonds is 5. The van der Waals surface area contributed by atoms with Gasteiger partial charge in [0.2, 0.25) is 0 Å². The molecule has 0 saturated heterocycles. The van der Waals surface area contributed by atoms with Crippen LogP contribution in [0.25, 0.3) is 0 Å². The van der Waals surface area contributed by atoms with Crippen molar-refractivity contribution in [1.29, 1.82) is 0 Å². The summed E-state index contributed by atoms with van der Waals surface area (Å²) >= 11 is 0. The van der Waals surface area contributed by atoms with Crippen molar-refractivity contribution in [3.8, 4) is 0 Å². The minimum absolute atomic E-state index is 0.303. The van der Waals surface area contributed by atoms with Crippen molar-refractivity contribution in [2.75, 3.05) is 29.9 Å². The van der Waals surface area contributed by atoms with Crippen molar-refractivity contribution in [3.63, 3.8) is 0 Å². The number of anilines is 2. The Morgan fingerprint density at radius 1 is 1.24 bits per heavy atom. The number of nitrogens with zero attached hydrogens (tertiary/aromatic N) is 1. The lowest BCUT2D eigenvalue weighted by molar-refractivity contribution is 0.252. The number of fused-ring (bicyclic) bond motifs is 1. The first-order valence-electron chi connectivity index (χ1n) is 8.77. The molecule has 0 bridgehead atoms. The number of urea groups is 1. The van der Waals surface area contributed by atoms with Crippen LogP contribution in [-0.4, -0.2) is 25.7 Å². The summed E-state index contributed by atoms with van der Waals surface area (Å²) < 4.78 is 13.5. The molecule has 2 N–H and O–H groups in total. The third-order valence-corrected chi connectivity index (χ3v) is 4.53. The molecule has 132 valence electrons. The van der Waals surface area contributed by atoms with Crippen LogP contribution in [0.1, 0.15) is 24.0 Å². The van der Waals surface area contributed by atoms with E-state index in [2.05, 4.69) is 39.8 Å². The third kappa shape index (κ3) is 4.50. The highest BCUT2D eigenvalue weighted by atomic mass is 19.1. The summed E-state index contributed by atoms with van der Waals surface area (Å²) in [5.74, 6) is -0.318. The highest BCUT2D eigenvalue weighted by molar-refractivity contribution is 5.89. The molecule has 4 nitrogen and oxygen atoms in total. The van der Waals surface area contributed by atoms with Crippen LogP contribution in [0.3, 0.4) is 0 Å². The number of carbonyl (C=O) groups is 1. The minimum Gasteiger partial charge on any atom is -0.371 e. The van der Waals surface area contributed by atoms with E-state index >= 15 is 0 Å². The van der Waals surface area contributed by atoms with E-state index < -0.39 is 0 Å². The van der Waals surface area contributed by atoms with Crippen molar-refractivity contribution in [2.24, 2.45) is 0 Å². The molecule has 25 heavy (non-hydrogen) atoms. The summed E-state index contributed by atoms with van der Waals surface area (Å²) in [4.78, 5) is 14.3. The molecule has 0 aromatic heterocycles. The molecule has 0 saturated carbocycles. The molecule has 0 spiro atoms. The fraction of sp³-hybridized carbons (Fsp3) is 0.350. The number of amides is 2. The van der Waals surface area contributed by atoms with Gasteiger partial charge in [0.25, 0.3) is 0 Å². The minimum atomic E-state index is -0.318. The van der Waals surface area contributed by atoms with Crippen LogP contribution in [-0.2, 0) is 6.42 Å². The van der Waals surface area contributed by atoms with E-state index in [4.69, 9.17) is 0 Å². The number of hydrogen-bond acceptors (Lipinski definition) is 2. The van der Waals surface area contributed by atoms with E-state index in [1.54, 1.807) is 19.1 Å². The van der Waals surface area contributed by atoms with Crippen molar-refractivity contribution in [3.05, 3.63) is 59.4 Å². The van der Waals surface area contributed by atoms with Gasteiger partial charge in [0, 0.05) is 31.0 Å². The number of benzene rings is 2. The van der Waals surface area contributed by atoms with Crippen LogP contribution in [0.4, 0.5) is 20.6 Å². The quantitative estimate of drug-likeness (QED) is 0.804. The standard InChI is InChI=1S/C20H24FN3O/c1-15-9-10-17(14-18(15)21)23-20(25)22-11-5-13-24-12-4-7-16-6-2-3-8-19(16)24/h2-3,6,8-10,14H,4-5,7,11-13H2,1H3,(H2,22,23,25). The second-order valence-electron chi connectivity index (χ2n) is 6.42. The number of para-hydroxylation sites is 1. The smallest absolute Gasteiger partial charge is 0.319 e. The number of halogens is 1. The first-order valence-corrected chi connectivity index (χ1v) is 8.77. The van der Waals surface area contributed by atoms with Crippen molar-refractivity contribution >= 4 is 17.4 Å². The molecule has 1 aliphatic heterocycles. The summed E-state index contributed by atoms with van der Waals surface area (Å²) in [6.45, 7) is 4.25. The van der Waals surface area contributed by atoms with Gasteiger partial charge >= 0.3 is 6.03 Å². The average Bonchev–Trinajstić information content (AvgIpc) is 2.62. The SMILES string of the molecule is Cc1ccc(NC(=O)NCCCN2CCCc3ccccc32)cc1F. The predicted octanol–water partition coefficient (Wildman–Crippen LogP) is 4.10. The molecule has 3 rings (SSSR count). The summed E-state index contributed by atoms with van der Waals surface area (Å²) in [6.07, 6.45) is 3.17. The number of hydrogen-bond donors (Lipinski definition) is 2. The predicted molar refractivity (Wildman–Crippen MR) is 99.8 cm³/mol. The van der Waals surface area contributed by atoms with Gasteiger partial charge in [0.15, 0.2) is 0 Å². The molecule has 1 aliphatic rings. The topological polar surface area (TPSA) is 44.4 Å². The Morgan fingerprint density at radius 2 is 2.08 bits per heavy atom. The normalized spacial score (nSPS) is 13.3. The van der Waals surface area contributed by atoms with Crippen molar-refractivity contribution in [2.45, 2.75) is 26.2 Å². The zero-order chi connectivity index (χ0) is 17.6. The van der Waals surface area contributed by atoms with Crippen LogP contribution < -0.4 is 15.5 Å². The van der Waals surface area contributed by atoms with E-state index in [0.717, 1.165) is 25.9 Å². The lowest BCUT2D eigenvalue weighted by Gasteiger charge is -2.31. The van der Waals surface area contributed by atoms with E-state index in [-0.39, 0.29) is 11.8 Å². The fourth-order valence-electron chi connectivity index (χ4n) is 3.16. The van der Waals surface area contributed by atoms with Crippen LogP contribution in [0.15, 0.2) is 42.5 Å². The monoisotopic (exact) mass is 341 g/mol. The number of nitrogens with one attached hydrogen (secondary N) is 2. The second kappa shape index (κ2) is 8.01. The molecule has 0 unspecified atom stereocenters. The maximum absolute atomic E-state index is 13.5. The molecule has 0 radical (unpaired) electrons. The molecule has 0 fully saturated rings. The zero-order valence-electron chi connectivity index (χ0n) is 14.5. The van der Waals surface area contributed by atoms with Gasteiger partial charge < -0.3 is 15.5 Å². The van der Waals surface area contributed by atoms with Gasteiger partial charge in [-0.3, -0.25) is 0 Å². The third-order valence-electron chi connectivity index (χ3n) is 4.53. The number of carbonyl (C=O) groups excluding carboxylic acids is 1. The molecule has 2 aromatic carbocycles. The highest BCUT2D eigenvalue weighted by Gasteiger charge is 2.15. The van der Waals surface area contributed by atoms with Crippen molar-refractivity contribution < 1.29 is 9.18 Å². The van der Waals surface area contributed by atoms with E-state index in [1.165, 1.54) is 23.7 Å². The van der Waals surface area contributed by atoms with Crippen LogP contribution in [0.2, 0.25) is 0 Å². The van der Waals surface area contributed by atoms with Gasteiger partial charge in [-0.15, -0.1) is 0 Å². The molecule has 1 heterocycles. The molecular formula is C20H24FN3O. The Balaban J connectivity index is 1.43. The van der Waals surface area contributed by atoms with Crippen molar-refractivity contribution in [1.82, 2.24) is 5.32 Å². The molecule has 0 aliphatic carbocycles. The Hall–Kier alpha value is -2.56. The van der Waals surface area contributed by atoms with E-state index in [9.17, 15) is 9.18 Å². The lowest BCUT2D eigenvalue weighted by atomic mass is 10.0. The summed E-state index contributed by atoms with van der Waals surface area (Å²) in [7, 11) is 0.